The number of piperazine rings is 1. The van der Waals surface area contributed by atoms with E-state index in [1.165, 1.54) is 7.11 Å². The Morgan fingerprint density at radius 3 is 2.24 bits per heavy atom. The first-order chi connectivity index (χ1) is 15.8. The van der Waals surface area contributed by atoms with Crippen molar-refractivity contribution in [1.29, 1.82) is 0 Å². The summed E-state index contributed by atoms with van der Waals surface area (Å²) in [6, 6.07) is 7.16. The summed E-state index contributed by atoms with van der Waals surface area (Å²) in [5.41, 5.74) is 6.55. The Morgan fingerprint density at radius 2 is 1.64 bits per heavy atom. The van der Waals surface area contributed by atoms with Crippen LogP contribution in [0.25, 0.3) is 10.9 Å². The van der Waals surface area contributed by atoms with E-state index in [0.717, 1.165) is 0 Å². The number of carbonyl (C=O) groups is 4. The lowest BCUT2D eigenvalue weighted by Gasteiger charge is -2.35. The zero-order valence-electron chi connectivity index (χ0n) is 18.8. The van der Waals surface area contributed by atoms with Crippen LogP contribution in [0.5, 0.6) is 5.75 Å². The molecule has 33 heavy (non-hydrogen) atoms. The first kappa shape index (κ1) is 24.0. The first-order valence-electron chi connectivity index (χ1n) is 10.8. The minimum Gasteiger partial charge on any atom is -0.495 e. The maximum atomic E-state index is 13.0. The molecule has 0 atom stereocenters. The quantitative estimate of drug-likeness (QED) is 0.584. The van der Waals surface area contributed by atoms with Crippen LogP contribution >= 0.6 is 0 Å². The molecular weight excluding hydrogens is 428 g/mol. The zero-order chi connectivity index (χ0) is 24.0. The monoisotopic (exact) mass is 456 g/mol. The van der Waals surface area contributed by atoms with Gasteiger partial charge in [0.15, 0.2) is 0 Å². The number of hydrogen-bond donors (Lipinski definition) is 1. The Hall–Kier alpha value is -3.69. The highest BCUT2D eigenvalue weighted by atomic mass is 16.5. The number of ether oxygens (including phenoxy) is 2. The highest BCUT2D eigenvalue weighted by Gasteiger charge is 2.27. The fraction of sp³-hybridized carbons (Fsp3) is 0.435. The first-order valence-corrected chi connectivity index (χ1v) is 10.8. The largest absolute Gasteiger partial charge is 0.495 e. The standard InChI is InChI=1S/C23H28N4O6/c1-3-33-20(30)9-8-18(28)26-10-12-27(13-11-26)19(29)14-17-21(23(24)31)22(32-2)15-6-4-5-7-16(15)25-17/h4-7H,3,8-14H2,1-2H3,(H2,24,31). The molecule has 0 radical (unpaired) electrons. The highest BCUT2D eigenvalue weighted by Crippen LogP contribution is 2.31. The number of fused-ring (bicyclic) bond motifs is 1. The SMILES string of the molecule is CCOC(=O)CCC(=O)N1CCN(C(=O)Cc2nc3ccccc3c(OC)c2C(N)=O)CC1. The van der Waals surface area contributed by atoms with Crippen molar-refractivity contribution >= 4 is 34.6 Å². The fourth-order valence-electron chi connectivity index (χ4n) is 3.88. The molecule has 0 saturated carbocycles. The number of aromatic nitrogens is 1. The van der Waals surface area contributed by atoms with E-state index >= 15 is 0 Å². The van der Waals surface area contributed by atoms with Gasteiger partial charge in [-0.05, 0) is 19.1 Å². The Kier molecular flexibility index (Phi) is 7.81. The molecule has 1 aromatic heterocycles. The van der Waals surface area contributed by atoms with Crippen LogP contribution in [0.15, 0.2) is 24.3 Å². The van der Waals surface area contributed by atoms with Gasteiger partial charge in [0.25, 0.3) is 5.91 Å². The van der Waals surface area contributed by atoms with Crippen LogP contribution < -0.4 is 10.5 Å². The number of primary amides is 1. The summed E-state index contributed by atoms with van der Waals surface area (Å²) < 4.78 is 10.3. The molecule has 0 spiro atoms. The van der Waals surface area contributed by atoms with Crippen LogP contribution in [0.3, 0.4) is 0 Å². The summed E-state index contributed by atoms with van der Waals surface area (Å²) in [7, 11) is 1.44. The molecule has 176 valence electrons. The average Bonchev–Trinajstić information content (AvgIpc) is 2.81. The van der Waals surface area contributed by atoms with E-state index in [4.69, 9.17) is 15.2 Å². The molecule has 1 fully saturated rings. The van der Waals surface area contributed by atoms with Crippen LogP contribution in [0.4, 0.5) is 0 Å². The molecule has 0 bridgehead atoms. The van der Waals surface area contributed by atoms with Gasteiger partial charge in [-0.25, -0.2) is 0 Å². The van der Waals surface area contributed by atoms with E-state index in [9.17, 15) is 19.2 Å². The molecule has 1 aliphatic rings. The van der Waals surface area contributed by atoms with Gasteiger partial charge in [-0.2, -0.15) is 0 Å². The maximum Gasteiger partial charge on any atom is 0.306 e. The van der Waals surface area contributed by atoms with Crippen molar-refractivity contribution < 1.29 is 28.7 Å². The van der Waals surface area contributed by atoms with Gasteiger partial charge in [0.05, 0.1) is 37.8 Å². The van der Waals surface area contributed by atoms with Gasteiger partial charge < -0.3 is 25.0 Å². The molecule has 2 N–H and O–H groups in total. The van der Waals surface area contributed by atoms with E-state index < -0.39 is 11.9 Å². The smallest absolute Gasteiger partial charge is 0.306 e. The molecule has 3 amide bonds. The summed E-state index contributed by atoms with van der Waals surface area (Å²) in [6.45, 7) is 3.42. The van der Waals surface area contributed by atoms with Crippen molar-refractivity contribution in [2.24, 2.45) is 5.73 Å². The summed E-state index contributed by atoms with van der Waals surface area (Å²) in [5.74, 6) is -1.19. The number of rotatable bonds is 8. The lowest BCUT2D eigenvalue weighted by molar-refractivity contribution is -0.146. The Labute approximate surface area is 191 Å². The number of nitrogens with zero attached hydrogens (tertiary/aromatic N) is 3. The molecule has 0 unspecified atom stereocenters. The van der Waals surface area contributed by atoms with Crippen molar-refractivity contribution in [3.05, 3.63) is 35.5 Å². The van der Waals surface area contributed by atoms with E-state index in [1.54, 1.807) is 34.9 Å². The summed E-state index contributed by atoms with van der Waals surface area (Å²) in [6.07, 6.45) is 0.00298. The van der Waals surface area contributed by atoms with Crippen molar-refractivity contribution in [3.8, 4) is 5.75 Å². The summed E-state index contributed by atoms with van der Waals surface area (Å²) in [4.78, 5) is 56.7. The zero-order valence-corrected chi connectivity index (χ0v) is 18.8. The van der Waals surface area contributed by atoms with Gasteiger partial charge in [-0.3, -0.25) is 24.2 Å². The number of para-hydroxylation sites is 1. The molecule has 10 nitrogen and oxygen atoms in total. The normalized spacial score (nSPS) is 13.6. The summed E-state index contributed by atoms with van der Waals surface area (Å²) in [5, 5.41) is 0.639. The van der Waals surface area contributed by atoms with Crippen molar-refractivity contribution in [2.45, 2.75) is 26.2 Å². The third-order valence-electron chi connectivity index (χ3n) is 5.52. The van der Waals surface area contributed by atoms with Crippen LogP contribution in [-0.2, 0) is 25.5 Å². The second-order valence-electron chi connectivity index (χ2n) is 7.59. The second kappa shape index (κ2) is 10.8. The van der Waals surface area contributed by atoms with Crippen molar-refractivity contribution in [3.63, 3.8) is 0 Å². The lowest BCUT2D eigenvalue weighted by atomic mass is 10.0. The molecule has 2 heterocycles. The number of amides is 3. The maximum absolute atomic E-state index is 13.0. The second-order valence-corrected chi connectivity index (χ2v) is 7.59. The predicted molar refractivity (Wildman–Crippen MR) is 120 cm³/mol. The van der Waals surface area contributed by atoms with Gasteiger partial charge in [-0.15, -0.1) is 0 Å². The predicted octanol–water partition coefficient (Wildman–Crippen LogP) is 0.899. The van der Waals surface area contributed by atoms with E-state index in [0.29, 0.717) is 42.8 Å². The molecule has 1 aliphatic heterocycles. The average molecular weight is 456 g/mol. The number of esters is 1. The van der Waals surface area contributed by atoms with Gasteiger partial charge >= 0.3 is 5.97 Å². The molecule has 0 aliphatic carbocycles. The fourth-order valence-corrected chi connectivity index (χ4v) is 3.88. The molecular formula is C23H28N4O6. The van der Waals surface area contributed by atoms with Gasteiger partial charge in [0, 0.05) is 38.0 Å². The van der Waals surface area contributed by atoms with Crippen molar-refractivity contribution in [1.82, 2.24) is 14.8 Å². The number of methoxy groups -OCH3 is 1. The number of nitrogens with two attached hydrogens (primary N) is 1. The van der Waals surface area contributed by atoms with E-state index in [1.807, 2.05) is 6.07 Å². The van der Waals surface area contributed by atoms with E-state index in [2.05, 4.69) is 4.98 Å². The minimum absolute atomic E-state index is 0.0389. The van der Waals surface area contributed by atoms with Crippen LogP contribution in [-0.4, -0.2) is 78.4 Å². The molecule has 10 heteroatoms. The van der Waals surface area contributed by atoms with E-state index in [-0.39, 0.29) is 48.9 Å². The molecule has 2 aromatic rings. The van der Waals surface area contributed by atoms with Crippen LogP contribution in [0, 0.1) is 0 Å². The molecule has 3 rings (SSSR count). The topological polar surface area (TPSA) is 132 Å². The molecule has 1 aromatic carbocycles. The third-order valence-corrected chi connectivity index (χ3v) is 5.52. The lowest BCUT2D eigenvalue weighted by Crippen LogP contribution is -2.51. The van der Waals surface area contributed by atoms with Crippen LogP contribution in [0.2, 0.25) is 0 Å². The Bertz CT molecular complexity index is 1060. The van der Waals surface area contributed by atoms with Gasteiger partial charge in [-0.1, -0.05) is 12.1 Å². The number of benzene rings is 1. The summed E-state index contributed by atoms with van der Waals surface area (Å²) >= 11 is 0. The van der Waals surface area contributed by atoms with Crippen LogP contribution in [0.1, 0.15) is 35.8 Å². The minimum atomic E-state index is -0.718. The molecule has 1 saturated heterocycles. The van der Waals surface area contributed by atoms with Gasteiger partial charge in [0.2, 0.25) is 11.8 Å². The van der Waals surface area contributed by atoms with Gasteiger partial charge in [0.1, 0.15) is 11.3 Å². The Balaban J connectivity index is 1.67. The van der Waals surface area contributed by atoms with Crippen molar-refractivity contribution in [2.75, 3.05) is 39.9 Å². The number of pyridine rings is 1. The number of carbonyl (C=O) groups excluding carboxylic acids is 4. The third kappa shape index (κ3) is 5.57. The highest BCUT2D eigenvalue weighted by molar-refractivity contribution is 6.03. The number of hydrogen-bond acceptors (Lipinski definition) is 7. The Morgan fingerprint density at radius 1 is 1.00 bits per heavy atom.